The molecule has 5 rings (SSSR count). The third-order valence-corrected chi connectivity index (χ3v) is 5.89. The number of benzene rings is 3. The second kappa shape index (κ2) is 9.33. The summed E-state index contributed by atoms with van der Waals surface area (Å²) >= 11 is 0. The smallest absolute Gasteiger partial charge is 0.349 e. The summed E-state index contributed by atoms with van der Waals surface area (Å²) in [6.45, 7) is 0.421. The molecule has 6 nitrogen and oxygen atoms in total. The van der Waals surface area contributed by atoms with Gasteiger partial charge in [0.1, 0.15) is 11.5 Å². The fourth-order valence-corrected chi connectivity index (χ4v) is 4.17. The molecule has 0 unspecified atom stereocenters. The summed E-state index contributed by atoms with van der Waals surface area (Å²) in [6.07, 6.45) is 3.45. The maximum atomic E-state index is 13.7. The van der Waals surface area contributed by atoms with Gasteiger partial charge in [-0.3, -0.25) is 4.79 Å². The van der Waals surface area contributed by atoms with Crippen LogP contribution in [0.3, 0.4) is 0 Å². The van der Waals surface area contributed by atoms with Gasteiger partial charge in [-0.2, -0.15) is 8.78 Å². The molecular weight excluding hydrogens is 513 g/mol. The Morgan fingerprint density at radius 2 is 1.66 bits per heavy atom. The summed E-state index contributed by atoms with van der Waals surface area (Å²) < 4.78 is 84.5. The predicted molar refractivity (Wildman–Crippen MR) is 124 cm³/mol. The van der Waals surface area contributed by atoms with Crippen LogP contribution >= 0.6 is 0 Å². The van der Waals surface area contributed by atoms with E-state index in [1.165, 1.54) is 12.1 Å². The van der Waals surface area contributed by atoms with E-state index in [0.717, 1.165) is 16.5 Å². The lowest BCUT2D eigenvalue weighted by Crippen LogP contribution is -2.19. The van der Waals surface area contributed by atoms with Crippen LogP contribution in [0.1, 0.15) is 21.5 Å². The van der Waals surface area contributed by atoms with Gasteiger partial charge in [-0.1, -0.05) is 18.2 Å². The van der Waals surface area contributed by atoms with Crippen LogP contribution in [-0.2, 0) is 11.8 Å². The van der Waals surface area contributed by atoms with Gasteiger partial charge in [0.25, 0.3) is 0 Å². The summed E-state index contributed by atoms with van der Waals surface area (Å²) in [6, 6.07) is 10.2. The van der Waals surface area contributed by atoms with Crippen LogP contribution in [0.15, 0.2) is 48.4 Å². The van der Waals surface area contributed by atoms with E-state index in [9.17, 15) is 31.5 Å². The standard InChI is InChI=1S/C27H16F5NO5/c1-12-7-14(37-19(34)11-36-27-24(31)22(29)21(28)23(30)25(27)32)9-17-20(12)26(35)18(38-17)8-13-10-33(2)16-6-4-3-5-15(13)16/h3-10H,11H2,1-2H3/b18-8-. The molecule has 0 saturated carbocycles. The van der Waals surface area contributed by atoms with E-state index in [0.29, 0.717) is 5.56 Å². The SMILES string of the molecule is Cc1cc(OC(=O)COc2c(F)c(F)c(F)c(F)c2F)cc2c1C(=O)/C(=C/c1cn(C)c3ccccc13)O2. The topological polar surface area (TPSA) is 66.8 Å². The van der Waals surface area contributed by atoms with Gasteiger partial charge in [0.2, 0.25) is 34.9 Å². The number of carbonyl (C=O) groups is 2. The molecule has 0 N–H and O–H groups in total. The van der Waals surface area contributed by atoms with Gasteiger partial charge < -0.3 is 18.8 Å². The van der Waals surface area contributed by atoms with Gasteiger partial charge in [-0.05, 0) is 30.7 Å². The maximum absolute atomic E-state index is 13.7. The minimum Gasteiger partial charge on any atom is -0.476 e. The Balaban J connectivity index is 1.34. The van der Waals surface area contributed by atoms with Crippen LogP contribution in [0.5, 0.6) is 17.2 Å². The van der Waals surface area contributed by atoms with E-state index < -0.39 is 47.4 Å². The maximum Gasteiger partial charge on any atom is 0.349 e. The molecular formula is C27H16F5NO5. The summed E-state index contributed by atoms with van der Waals surface area (Å²) in [5.41, 5.74) is 2.39. The largest absolute Gasteiger partial charge is 0.476 e. The molecule has 4 aromatic rings. The van der Waals surface area contributed by atoms with E-state index >= 15 is 0 Å². The average molecular weight is 529 g/mol. The first-order valence-electron chi connectivity index (χ1n) is 11.0. The Morgan fingerprint density at radius 3 is 2.37 bits per heavy atom. The number of Topliss-reactive ketones (excluding diaryl/α,β-unsaturated/α-hetero) is 1. The van der Waals surface area contributed by atoms with Crippen LogP contribution in [0.25, 0.3) is 17.0 Å². The number of allylic oxidation sites excluding steroid dienone is 1. The van der Waals surface area contributed by atoms with Gasteiger partial charge in [0.05, 0.1) is 5.56 Å². The van der Waals surface area contributed by atoms with Gasteiger partial charge in [0, 0.05) is 35.8 Å². The number of fused-ring (bicyclic) bond motifs is 2. The van der Waals surface area contributed by atoms with Crippen LogP contribution in [0, 0.1) is 36.0 Å². The third kappa shape index (κ3) is 4.15. The molecule has 0 bridgehead atoms. The minimum atomic E-state index is -2.35. The lowest BCUT2D eigenvalue weighted by molar-refractivity contribution is -0.136. The quantitative estimate of drug-likeness (QED) is 0.0819. The molecule has 11 heteroatoms. The number of carbonyl (C=O) groups excluding carboxylic acids is 2. The number of hydrogen-bond acceptors (Lipinski definition) is 5. The van der Waals surface area contributed by atoms with Crippen molar-refractivity contribution in [2.24, 2.45) is 7.05 Å². The fraction of sp³-hybridized carbons (Fsp3) is 0.111. The number of ether oxygens (including phenoxy) is 3. The second-order valence-electron chi connectivity index (χ2n) is 8.43. The summed E-state index contributed by atoms with van der Waals surface area (Å²) in [4.78, 5) is 25.2. The first kappa shape index (κ1) is 25.0. The molecule has 0 aliphatic carbocycles. The van der Waals surface area contributed by atoms with E-state index in [1.54, 1.807) is 13.0 Å². The van der Waals surface area contributed by atoms with Crippen molar-refractivity contribution in [3.8, 4) is 17.2 Å². The van der Waals surface area contributed by atoms with Gasteiger partial charge in [0.15, 0.2) is 18.1 Å². The summed E-state index contributed by atoms with van der Waals surface area (Å²) in [7, 11) is 1.87. The Labute approximate surface area is 211 Å². The molecule has 0 fully saturated rings. The molecule has 1 aliphatic rings. The van der Waals surface area contributed by atoms with E-state index in [-0.39, 0.29) is 28.6 Å². The Morgan fingerprint density at radius 1 is 1.00 bits per heavy atom. The normalized spacial score (nSPS) is 13.7. The highest BCUT2D eigenvalue weighted by Crippen LogP contribution is 2.38. The van der Waals surface area contributed by atoms with E-state index in [1.807, 2.05) is 42.1 Å². The highest BCUT2D eigenvalue weighted by molar-refractivity contribution is 6.16. The van der Waals surface area contributed by atoms with Crippen molar-refractivity contribution in [3.05, 3.63) is 94.1 Å². The highest BCUT2D eigenvalue weighted by atomic mass is 19.2. The zero-order valence-corrected chi connectivity index (χ0v) is 19.7. The zero-order chi connectivity index (χ0) is 27.3. The van der Waals surface area contributed by atoms with Crippen molar-refractivity contribution in [1.82, 2.24) is 4.57 Å². The van der Waals surface area contributed by atoms with Crippen LogP contribution < -0.4 is 14.2 Å². The third-order valence-electron chi connectivity index (χ3n) is 5.89. The van der Waals surface area contributed by atoms with E-state index in [2.05, 4.69) is 4.74 Å². The number of para-hydroxylation sites is 1. The number of ketones is 1. The Hall–Kier alpha value is -4.67. The monoisotopic (exact) mass is 529 g/mol. The molecule has 1 aliphatic heterocycles. The second-order valence-corrected chi connectivity index (χ2v) is 8.43. The number of aryl methyl sites for hydroxylation is 2. The molecule has 0 amide bonds. The number of nitrogens with zero attached hydrogens (tertiary/aromatic N) is 1. The first-order valence-corrected chi connectivity index (χ1v) is 11.0. The minimum absolute atomic E-state index is 0.0533. The van der Waals surface area contributed by atoms with Crippen LogP contribution in [-0.4, -0.2) is 22.9 Å². The number of rotatable bonds is 5. The molecule has 1 aromatic heterocycles. The molecule has 0 spiro atoms. The van der Waals surface area contributed by atoms with Crippen molar-refractivity contribution in [3.63, 3.8) is 0 Å². The number of hydrogen-bond donors (Lipinski definition) is 0. The molecule has 2 heterocycles. The zero-order valence-electron chi connectivity index (χ0n) is 19.7. The Kier molecular flexibility index (Phi) is 6.14. The van der Waals surface area contributed by atoms with Crippen LogP contribution in [0.4, 0.5) is 22.0 Å². The summed E-state index contributed by atoms with van der Waals surface area (Å²) in [5, 5.41) is 0.912. The number of aromatic nitrogens is 1. The molecule has 3 aromatic carbocycles. The van der Waals surface area contributed by atoms with Crippen molar-refractivity contribution in [1.29, 1.82) is 0 Å². The molecule has 0 radical (unpaired) electrons. The van der Waals surface area contributed by atoms with Gasteiger partial charge in [-0.25, -0.2) is 18.0 Å². The first-order chi connectivity index (χ1) is 18.1. The number of esters is 1. The van der Waals surface area contributed by atoms with E-state index in [4.69, 9.17) is 9.47 Å². The van der Waals surface area contributed by atoms with Gasteiger partial charge in [-0.15, -0.1) is 0 Å². The van der Waals surface area contributed by atoms with Crippen LogP contribution in [0.2, 0.25) is 0 Å². The summed E-state index contributed by atoms with van der Waals surface area (Å²) in [5.74, 6) is -14.3. The molecule has 0 atom stereocenters. The fourth-order valence-electron chi connectivity index (χ4n) is 4.17. The Bertz CT molecular complexity index is 1660. The molecule has 0 saturated heterocycles. The predicted octanol–water partition coefficient (Wildman–Crippen LogP) is 5.78. The lowest BCUT2D eigenvalue weighted by Gasteiger charge is -2.11. The average Bonchev–Trinajstić information content (AvgIpc) is 3.37. The molecule has 38 heavy (non-hydrogen) atoms. The molecule has 194 valence electrons. The van der Waals surface area contributed by atoms with Crippen molar-refractivity contribution >= 4 is 28.7 Å². The van der Waals surface area contributed by atoms with Crippen molar-refractivity contribution in [2.45, 2.75) is 6.92 Å². The van der Waals surface area contributed by atoms with Crippen molar-refractivity contribution in [2.75, 3.05) is 6.61 Å². The lowest BCUT2D eigenvalue weighted by atomic mass is 10.0. The van der Waals surface area contributed by atoms with Crippen molar-refractivity contribution < 1.29 is 45.8 Å². The highest BCUT2D eigenvalue weighted by Gasteiger charge is 2.31. The number of halogens is 5. The van der Waals surface area contributed by atoms with Gasteiger partial charge >= 0.3 is 5.97 Å².